The summed E-state index contributed by atoms with van der Waals surface area (Å²) in [5.41, 5.74) is 0. The van der Waals surface area contributed by atoms with E-state index in [1.807, 2.05) is 0 Å². The maximum absolute atomic E-state index is 13.1. The molecule has 0 aromatic heterocycles. The second kappa shape index (κ2) is 77.2. The van der Waals surface area contributed by atoms with Gasteiger partial charge < -0.3 is 33.8 Å². The molecule has 0 aromatic rings. The molecule has 17 nitrogen and oxygen atoms in total. The molecule has 2 unspecified atom stereocenters. The van der Waals surface area contributed by atoms with Crippen molar-refractivity contribution < 1.29 is 80.2 Å². The van der Waals surface area contributed by atoms with E-state index in [-0.39, 0.29) is 25.7 Å². The van der Waals surface area contributed by atoms with Crippen molar-refractivity contribution in [3.63, 3.8) is 0 Å². The van der Waals surface area contributed by atoms with Crippen molar-refractivity contribution in [2.24, 2.45) is 0 Å². The fourth-order valence-corrected chi connectivity index (χ4v) is 14.6. The molecule has 0 heterocycles. The number of ether oxygens (including phenoxy) is 4. The molecule has 0 bridgehead atoms. The Morgan fingerprint density at radius 1 is 0.235 bits per heavy atom. The van der Waals surface area contributed by atoms with Crippen molar-refractivity contribution >= 4 is 39.5 Å². The van der Waals surface area contributed by atoms with Gasteiger partial charge in [-0.2, -0.15) is 0 Å². The Morgan fingerprint density at radius 3 is 0.578 bits per heavy atom. The van der Waals surface area contributed by atoms with E-state index in [0.717, 1.165) is 96.3 Å². The highest BCUT2D eigenvalue weighted by molar-refractivity contribution is 7.47. The molecule has 0 rings (SSSR count). The third kappa shape index (κ3) is 76.3. The lowest BCUT2D eigenvalue weighted by molar-refractivity contribution is -0.161. The Morgan fingerprint density at radius 2 is 0.392 bits per heavy atom. The zero-order valence-electron chi connectivity index (χ0n) is 66.6. The Balaban J connectivity index is 5.10. The quantitative estimate of drug-likeness (QED) is 0.0222. The van der Waals surface area contributed by atoms with E-state index < -0.39 is 97.5 Å². The highest BCUT2D eigenvalue weighted by Gasteiger charge is 2.30. The molecular formula is C83H162O17P2. The molecule has 0 amide bonds. The number of carbonyl (C=O) groups excluding carboxylic acids is 4. The summed E-state index contributed by atoms with van der Waals surface area (Å²) in [4.78, 5) is 72.8. The van der Waals surface area contributed by atoms with Gasteiger partial charge in [0.05, 0.1) is 26.4 Å². The summed E-state index contributed by atoms with van der Waals surface area (Å²) in [6.45, 7) is 4.95. The van der Waals surface area contributed by atoms with Crippen molar-refractivity contribution in [2.45, 2.75) is 470 Å². The molecule has 19 heteroatoms. The van der Waals surface area contributed by atoms with Crippen LogP contribution in [-0.4, -0.2) is 96.7 Å². The predicted octanol–water partition coefficient (Wildman–Crippen LogP) is 25.4. The van der Waals surface area contributed by atoms with Crippen LogP contribution in [0.3, 0.4) is 0 Å². The first-order valence-corrected chi connectivity index (χ1v) is 46.3. The summed E-state index contributed by atoms with van der Waals surface area (Å²) in [5, 5.41) is 10.6. The summed E-state index contributed by atoms with van der Waals surface area (Å²) >= 11 is 0. The normalized spacial score (nSPS) is 13.8. The van der Waals surface area contributed by atoms with Gasteiger partial charge in [-0.25, -0.2) is 9.13 Å². The van der Waals surface area contributed by atoms with E-state index in [4.69, 9.17) is 37.0 Å². The number of carbonyl (C=O) groups is 4. The molecule has 0 fully saturated rings. The van der Waals surface area contributed by atoms with Crippen LogP contribution in [0.5, 0.6) is 0 Å². The average molecular weight is 1490 g/mol. The standard InChI is InChI=1S/C83H162O17P2/c1-5-9-13-17-20-23-26-29-32-35-37-38-39-41-43-46-49-52-55-58-62-66-70-83(88)100-79(74-94-81(86)68-64-60-56-53-50-47-45-42-40-36-33-30-27-24-21-18-14-10-6-2)76-98-102(91,92)96-72-77(84)71-95-101(89,90)97-75-78(73-93-80(85)67-63-59-16-12-8-4)99-82(87)69-65-61-57-54-51-48-44-34-31-28-25-22-19-15-11-7-3/h77-79,84H,5-76H2,1-4H3,(H,89,90)(H,91,92)/t77-,78+,79+/m0/s1. The fraction of sp³-hybridized carbons (Fsp3) is 0.952. The van der Waals surface area contributed by atoms with Crippen molar-refractivity contribution in [3.05, 3.63) is 0 Å². The van der Waals surface area contributed by atoms with Gasteiger partial charge in [0.1, 0.15) is 19.3 Å². The Kier molecular flexibility index (Phi) is 75.8. The van der Waals surface area contributed by atoms with Crippen LogP contribution in [-0.2, 0) is 65.4 Å². The first-order valence-electron chi connectivity index (χ1n) is 43.3. The molecular weight excluding hydrogens is 1330 g/mol. The third-order valence-electron chi connectivity index (χ3n) is 19.6. The zero-order valence-corrected chi connectivity index (χ0v) is 68.4. The highest BCUT2D eigenvalue weighted by atomic mass is 31.2. The first kappa shape index (κ1) is 100. The van der Waals surface area contributed by atoms with Crippen LogP contribution in [0.1, 0.15) is 451 Å². The average Bonchev–Trinajstić information content (AvgIpc) is 0.960. The largest absolute Gasteiger partial charge is 0.472 e. The second-order valence-corrected chi connectivity index (χ2v) is 32.8. The summed E-state index contributed by atoms with van der Waals surface area (Å²) in [6, 6.07) is 0. The minimum atomic E-state index is -4.96. The van der Waals surface area contributed by atoms with Crippen molar-refractivity contribution in [1.82, 2.24) is 0 Å². The van der Waals surface area contributed by atoms with Gasteiger partial charge in [0.25, 0.3) is 0 Å². The van der Waals surface area contributed by atoms with Gasteiger partial charge in [-0.3, -0.25) is 37.3 Å². The number of aliphatic hydroxyl groups is 1. The summed E-state index contributed by atoms with van der Waals surface area (Å²) in [6.07, 6.45) is 71.4. The minimum absolute atomic E-state index is 0.108. The van der Waals surface area contributed by atoms with Gasteiger partial charge in [0.15, 0.2) is 12.2 Å². The predicted molar refractivity (Wildman–Crippen MR) is 419 cm³/mol. The van der Waals surface area contributed by atoms with E-state index in [9.17, 15) is 43.2 Å². The third-order valence-corrected chi connectivity index (χ3v) is 21.5. The minimum Gasteiger partial charge on any atom is -0.462 e. The van der Waals surface area contributed by atoms with Crippen LogP contribution in [0.25, 0.3) is 0 Å². The summed E-state index contributed by atoms with van der Waals surface area (Å²) < 4.78 is 68.5. The molecule has 0 aliphatic carbocycles. The number of phosphoric acid groups is 2. The molecule has 0 saturated carbocycles. The van der Waals surface area contributed by atoms with Gasteiger partial charge in [0, 0.05) is 25.7 Å². The van der Waals surface area contributed by atoms with E-state index in [0.29, 0.717) is 25.7 Å². The number of hydrogen-bond acceptors (Lipinski definition) is 15. The van der Waals surface area contributed by atoms with Crippen LogP contribution in [0, 0.1) is 0 Å². The van der Waals surface area contributed by atoms with Crippen molar-refractivity contribution in [2.75, 3.05) is 39.6 Å². The molecule has 102 heavy (non-hydrogen) atoms. The summed E-state index contributed by atoms with van der Waals surface area (Å²) in [5.74, 6) is -2.12. The Hall–Kier alpha value is -1.94. The van der Waals surface area contributed by atoms with Crippen LogP contribution >= 0.6 is 15.6 Å². The Bertz CT molecular complexity index is 1930. The lowest BCUT2D eigenvalue weighted by Crippen LogP contribution is -2.30. The van der Waals surface area contributed by atoms with Gasteiger partial charge in [-0.05, 0) is 25.7 Å². The first-order chi connectivity index (χ1) is 49.7. The SMILES string of the molecule is CCCCCCCCCCCCCCCCCCCCCCCCC(=O)O[C@H](COC(=O)CCCCCCCCCCCCCCCCCCCCC)COP(=O)(O)OC[C@@H](O)COP(=O)(O)OC[C@@H](COC(=O)CCCCCCC)OC(=O)CCCCCCCCCCCCCCCCCC. The monoisotopic (exact) mass is 1490 g/mol. The number of unbranched alkanes of at least 4 members (excludes halogenated alkanes) is 58. The van der Waals surface area contributed by atoms with Crippen LogP contribution < -0.4 is 0 Å². The highest BCUT2D eigenvalue weighted by Crippen LogP contribution is 2.45. The lowest BCUT2D eigenvalue weighted by Gasteiger charge is -2.21. The fourth-order valence-electron chi connectivity index (χ4n) is 13.0. The molecule has 5 atom stereocenters. The van der Waals surface area contributed by atoms with Gasteiger partial charge in [0.2, 0.25) is 0 Å². The van der Waals surface area contributed by atoms with E-state index >= 15 is 0 Å². The molecule has 606 valence electrons. The second-order valence-electron chi connectivity index (χ2n) is 29.9. The number of esters is 4. The van der Waals surface area contributed by atoms with Crippen LogP contribution in [0.15, 0.2) is 0 Å². The van der Waals surface area contributed by atoms with Crippen LogP contribution in [0.4, 0.5) is 0 Å². The van der Waals surface area contributed by atoms with Gasteiger partial charge in [-0.1, -0.05) is 400 Å². The number of rotatable bonds is 84. The lowest BCUT2D eigenvalue weighted by atomic mass is 10.0. The van der Waals surface area contributed by atoms with E-state index in [1.165, 1.54) is 276 Å². The topological polar surface area (TPSA) is 237 Å². The molecule has 0 spiro atoms. The maximum atomic E-state index is 13.1. The van der Waals surface area contributed by atoms with Crippen molar-refractivity contribution in [1.29, 1.82) is 0 Å². The van der Waals surface area contributed by atoms with E-state index in [1.54, 1.807) is 0 Å². The molecule has 0 aromatic carbocycles. The number of hydrogen-bond donors (Lipinski definition) is 3. The number of aliphatic hydroxyl groups excluding tert-OH is 1. The smallest absolute Gasteiger partial charge is 0.462 e. The van der Waals surface area contributed by atoms with E-state index in [2.05, 4.69) is 27.7 Å². The molecule has 0 radical (unpaired) electrons. The zero-order chi connectivity index (χ0) is 74.6. The molecule has 3 N–H and O–H groups in total. The van der Waals surface area contributed by atoms with Crippen molar-refractivity contribution in [3.8, 4) is 0 Å². The molecule has 0 aliphatic heterocycles. The molecule has 0 aliphatic rings. The summed E-state index contributed by atoms with van der Waals surface area (Å²) in [7, 11) is -9.91. The Labute approximate surface area is 626 Å². The molecule has 0 saturated heterocycles. The van der Waals surface area contributed by atoms with Crippen LogP contribution in [0.2, 0.25) is 0 Å². The van der Waals surface area contributed by atoms with Gasteiger partial charge >= 0.3 is 39.5 Å². The van der Waals surface area contributed by atoms with Gasteiger partial charge in [-0.15, -0.1) is 0 Å². The number of phosphoric ester groups is 2. The maximum Gasteiger partial charge on any atom is 0.472 e.